The van der Waals surface area contributed by atoms with Gasteiger partial charge in [0, 0.05) is 29.2 Å². The average Bonchev–Trinajstić information content (AvgIpc) is 3.19. The number of hydrogen-bond acceptors (Lipinski definition) is 5. The molecule has 1 fully saturated rings. The number of H-pyrrole nitrogens is 2. The van der Waals surface area contributed by atoms with E-state index in [2.05, 4.69) is 20.2 Å². The van der Waals surface area contributed by atoms with Crippen molar-refractivity contribution < 1.29 is 4.39 Å². The van der Waals surface area contributed by atoms with Crippen LogP contribution in [0.2, 0.25) is 0 Å². The summed E-state index contributed by atoms with van der Waals surface area (Å²) in [7, 11) is 0. The highest BCUT2D eigenvalue weighted by Crippen LogP contribution is 2.32. The maximum absolute atomic E-state index is 13.3. The molecule has 6 nitrogen and oxygen atoms in total. The molecule has 1 aliphatic rings. The highest BCUT2D eigenvalue weighted by molar-refractivity contribution is 7.22. The Hall–Kier alpha value is -2.06. The van der Waals surface area contributed by atoms with Crippen LogP contribution in [0.15, 0.2) is 17.1 Å². The summed E-state index contributed by atoms with van der Waals surface area (Å²) >= 11 is 1.41. The molecule has 1 saturated heterocycles. The first-order valence-electron chi connectivity index (χ1n) is 7.49. The minimum atomic E-state index is -0.776. The number of likely N-dealkylation sites (tertiary alicyclic amines) is 1. The van der Waals surface area contributed by atoms with Crippen molar-refractivity contribution in [1.29, 1.82) is 0 Å². The van der Waals surface area contributed by atoms with Crippen LogP contribution in [0.3, 0.4) is 0 Å². The van der Waals surface area contributed by atoms with E-state index < -0.39 is 6.17 Å². The summed E-state index contributed by atoms with van der Waals surface area (Å²) in [5.41, 5.74) is 2.48. The van der Waals surface area contributed by atoms with Crippen molar-refractivity contribution in [3.63, 3.8) is 0 Å². The number of nitrogens with one attached hydrogen (secondary N) is 2. The van der Waals surface area contributed by atoms with Crippen LogP contribution < -0.4 is 5.56 Å². The van der Waals surface area contributed by atoms with Crippen molar-refractivity contribution in [3.05, 3.63) is 34.1 Å². The van der Waals surface area contributed by atoms with Gasteiger partial charge >= 0.3 is 0 Å². The molecule has 2 N–H and O–H groups in total. The lowest BCUT2D eigenvalue weighted by molar-refractivity contribution is 0.277. The van der Waals surface area contributed by atoms with E-state index in [1.165, 1.54) is 11.3 Å². The number of fused-ring (bicyclic) bond motifs is 1. The third-order valence-electron chi connectivity index (χ3n) is 4.12. The van der Waals surface area contributed by atoms with Crippen LogP contribution in [0.4, 0.5) is 4.39 Å². The fourth-order valence-electron chi connectivity index (χ4n) is 2.94. The molecule has 0 aliphatic carbocycles. The van der Waals surface area contributed by atoms with Gasteiger partial charge in [0.05, 0.1) is 18.3 Å². The Morgan fingerprint density at radius 2 is 2.39 bits per heavy atom. The van der Waals surface area contributed by atoms with Crippen molar-refractivity contribution in [3.8, 4) is 10.4 Å². The number of thiophene rings is 1. The van der Waals surface area contributed by atoms with E-state index in [9.17, 15) is 9.18 Å². The highest BCUT2D eigenvalue weighted by atomic mass is 32.1. The molecule has 4 heterocycles. The SMILES string of the molecule is Cc1[nH]ncc1-c1cc2nc(CN3CC[C@@H](F)C3)[nH]c(=O)c2s1. The summed E-state index contributed by atoms with van der Waals surface area (Å²) in [5, 5.41) is 6.91. The molecule has 23 heavy (non-hydrogen) atoms. The van der Waals surface area contributed by atoms with Gasteiger partial charge in [0.25, 0.3) is 5.56 Å². The molecule has 0 spiro atoms. The average molecular weight is 333 g/mol. The first-order valence-corrected chi connectivity index (χ1v) is 8.31. The van der Waals surface area contributed by atoms with Crippen molar-refractivity contribution in [2.75, 3.05) is 13.1 Å². The molecule has 0 bridgehead atoms. The van der Waals surface area contributed by atoms with Crippen LogP contribution >= 0.6 is 11.3 Å². The minimum absolute atomic E-state index is 0.140. The van der Waals surface area contributed by atoms with Crippen LogP contribution in [0.25, 0.3) is 20.7 Å². The van der Waals surface area contributed by atoms with Crippen LogP contribution in [0.5, 0.6) is 0 Å². The van der Waals surface area contributed by atoms with Gasteiger partial charge in [0.1, 0.15) is 16.7 Å². The van der Waals surface area contributed by atoms with Gasteiger partial charge in [0.2, 0.25) is 0 Å². The second kappa shape index (κ2) is 5.54. The van der Waals surface area contributed by atoms with Gasteiger partial charge in [-0.2, -0.15) is 5.10 Å². The largest absolute Gasteiger partial charge is 0.308 e. The quantitative estimate of drug-likeness (QED) is 0.770. The molecule has 1 atom stereocenters. The van der Waals surface area contributed by atoms with Gasteiger partial charge in [-0.3, -0.25) is 14.8 Å². The maximum Gasteiger partial charge on any atom is 0.268 e. The minimum Gasteiger partial charge on any atom is -0.308 e. The summed E-state index contributed by atoms with van der Waals surface area (Å²) in [5.74, 6) is 0.588. The number of aromatic amines is 2. The summed E-state index contributed by atoms with van der Waals surface area (Å²) < 4.78 is 13.9. The highest BCUT2D eigenvalue weighted by Gasteiger charge is 2.22. The maximum atomic E-state index is 13.3. The van der Waals surface area contributed by atoms with Gasteiger partial charge in [-0.1, -0.05) is 0 Å². The Morgan fingerprint density at radius 3 is 3.09 bits per heavy atom. The molecule has 3 aromatic rings. The van der Waals surface area contributed by atoms with Crippen LogP contribution in [-0.2, 0) is 6.54 Å². The smallest absolute Gasteiger partial charge is 0.268 e. The predicted molar refractivity (Wildman–Crippen MR) is 87.3 cm³/mol. The van der Waals surface area contributed by atoms with E-state index in [4.69, 9.17) is 0 Å². The Morgan fingerprint density at radius 1 is 1.52 bits per heavy atom. The molecular formula is C15H16FN5OS. The summed E-state index contributed by atoms with van der Waals surface area (Å²) in [6.07, 6.45) is 1.53. The molecule has 8 heteroatoms. The molecule has 0 unspecified atom stereocenters. The molecule has 120 valence electrons. The van der Waals surface area contributed by atoms with Crippen molar-refractivity contribution in [2.24, 2.45) is 0 Å². The Kier molecular flexibility index (Phi) is 3.50. The Balaban J connectivity index is 1.70. The van der Waals surface area contributed by atoms with Crippen LogP contribution in [0, 0.1) is 6.92 Å². The zero-order valence-electron chi connectivity index (χ0n) is 12.6. The fraction of sp³-hybridized carbons (Fsp3) is 0.400. The van der Waals surface area contributed by atoms with Gasteiger partial charge < -0.3 is 4.98 Å². The van der Waals surface area contributed by atoms with Crippen LogP contribution in [-0.4, -0.2) is 44.3 Å². The monoisotopic (exact) mass is 333 g/mol. The lowest BCUT2D eigenvalue weighted by atomic mass is 10.2. The second-order valence-corrected chi connectivity index (χ2v) is 6.92. The molecule has 3 aromatic heterocycles. The second-order valence-electron chi connectivity index (χ2n) is 5.87. The number of nitrogens with zero attached hydrogens (tertiary/aromatic N) is 3. The zero-order valence-corrected chi connectivity index (χ0v) is 13.4. The van der Waals surface area contributed by atoms with E-state index in [1.807, 2.05) is 17.9 Å². The summed E-state index contributed by atoms with van der Waals surface area (Å²) in [6, 6.07) is 1.92. The lowest BCUT2D eigenvalue weighted by Crippen LogP contribution is -2.23. The Labute approximate surface area is 135 Å². The third-order valence-corrected chi connectivity index (χ3v) is 5.27. The normalized spacial score (nSPS) is 19.0. The first-order chi connectivity index (χ1) is 11.1. The topological polar surface area (TPSA) is 77.7 Å². The van der Waals surface area contributed by atoms with Crippen molar-refractivity contribution >= 4 is 21.6 Å². The standard InChI is InChI=1S/C15H16FN5OS/c1-8-10(5-17-20-8)12-4-11-14(23-12)15(22)19-13(18-11)7-21-3-2-9(16)6-21/h4-5,9H,2-3,6-7H2,1H3,(H,17,20)(H,18,19,22)/t9-/m1/s1. The number of rotatable bonds is 3. The number of halogens is 1. The fourth-order valence-corrected chi connectivity index (χ4v) is 3.99. The van der Waals surface area contributed by atoms with E-state index in [0.29, 0.717) is 42.1 Å². The molecular weight excluding hydrogens is 317 g/mol. The lowest BCUT2D eigenvalue weighted by Gasteiger charge is -2.13. The van der Waals surface area contributed by atoms with Gasteiger partial charge in [-0.05, 0) is 19.4 Å². The van der Waals surface area contributed by atoms with Crippen LogP contribution in [0.1, 0.15) is 17.9 Å². The third kappa shape index (κ3) is 2.68. The van der Waals surface area contributed by atoms with Crippen molar-refractivity contribution in [2.45, 2.75) is 26.1 Å². The first kappa shape index (κ1) is 14.5. The number of aryl methyl sites for hydroxylation is 1. The van der Waals surface area contributed by atoms with Gasteiger partial charge in [-0.15, -0.1) is 11.3 Å². The van der Waals surface area contributed by atoms with E-state index >= 15 is 0 Å². The zero-order chi connectivity index (χ0) is 16.0. The predicted octanol–water partition coefficient (Wildman–Crippen LogP) is 2.23. The van der Waals surface area contributed by atoms with Crippen molar-refractivity contribution in [1.82, 2.24) is 25.1 Å². The Bertz CT molecular complexity index is 914. The molecule has 0 saturated carbocycles. The number of hydrogen-bond donors (Lipinski definition) is 2. The van der Waals surface area contributed by atoms with Gasteiger partial charge in [-0.25, -0.2) is 9.37 Å². The van der Waals surface area contributed by atoms with E-state index in [0.717, 1.165) is 16.1 Å². The van der Waals surface area contributed by atoms with Gasteiger partial charge in [0.15, 0.2) is 0 Å². The molecule has 4 rings (SSSR count). The number of aromatic nitrogens is 4. The molecule has 0 aromatic carbocycles. The summed E-state index contributed by atoms with van der Waals surface area (Å²) in [6.45, 7) is 3.52. The summed E-state index contributed by atoms with van der Waals surface area (Å²) in [4.78, 5) is 22.6. The van der Waals surface area contributed by atoms with E-state index in [-0.39, 0.29) is 5.56 Å². The molecule has 0 amide bonds. The molecule has 0 radical (unpaired) electrons. The number of alkyl halides is 1. The molecule has 1 aliphatic heterocycles. The van der Waals surface area contributed by atoms with E-state index in [1.54, 1.807) is 6.20 Å².